The van der Waals surface area contributed by atoms with Crippen molar-refractivity contribution in [3.8, 4) is 11.5 Å². The second-order valence-electron chi connectivity index (χ2n) is 4.40. The molecule has 0 aliphatic rings. The molecule has 1 N–H and O–H groups in total. The van der Waals surface area contributed by atoms with Crippen LogP contribution in [0, 0.1) is 5.82 Å². The van der Waals surface area contributed by atoms with Gasteiger partial charge in [0.1, 0.15) is 17.3 Å². The molecule has 3 nitrogen and oxygen atoms in total. The molecule has 4 heteroatoms. The summed E-state index contributed by atoms with van der Waals surface area (Å²) in [5.41, 5.74) is 1.43. The number of aliphatic hydroxyl groups is 1. The van der Waals surface area contributed by atoms with Gasteiger partial charge in [-0.25, -0.2) is 4.39 Å². The number of hydrogen-bond donors (Lipinski definition) is 1. The van der Waals surface area contributed by atoms with Gasteiger partial charge in [-0.05, 0) is 30.3 Å². The van der Waals surface area contributed by atoms with Crippen LogP contribution in [-0.2, 0) is 6.61 Å². The highest BCUT2D eigenvalue weighted by atomic mass is 19.1. The van der Waals surface area contributed by atoms with Crippen molar-refractivity contribution in [2.24, 2.45) is 0 Å². The number of aliphatic hydroxyl groups excluding tert-OH is 1. The molecule has 0 amide bonds. The predicted octanol–water partition coefficient (Wildman–Crippen LogP) is 3.18. The van der Waals surface area contributed by atoms with Crippen LogP contribution in [0.25, 0.3) is 0 Å². The van der Waals surface area contributed by atoms with Crippen LogP contribution in [0.2, 0.25) is 0 Å². The van der Waals surface area contributed by atoms with Crippen molar-refractivity contribution in [3.05, 3.63) is 53.8 Å². The summed E-state index contributed by atoms with van der Waals surface area (Å²) in [6, 6.07) is 11.6. The van der Waals surface area contributed by atoms with Gasteiger partial charge < -0.3 is 14.7 Å². The Morgan fingerprint density at radius 3 is 2.63 bits per heavy atom. The minimum Gasteiger partial charge on any atom is -0.457 e. The first-order valence-electron chi connectivity index (χ1n) is 5.94. The number of halogens is 1. The molecule has 0 saturated carbocycles. The van der Waals surface area contributed by atoms with Crippen molar-refractivity contribution in [2.45, 2.75) is 6.61 Å². The Balaban J connectivity index is 2.28. The lowest BCUT2D eigenvalue weighted by Gasteiger charge is -2.15. The molecule has 0 fully saturated rings. The highest BCUT2D eigenvalue weighted by Gasteiger charge is 2.06. The van der Waals surface area contributed by atoms with E-state index in [0.29, 0.717) is 17.1 Å². The lowest BCUT2D eigenvalue weighted by Crippen LogP contribution is -2.08. The molecule has 0 bridgehead atoms. The van der Waals surface area contributed by atoms with Crippen molar-refractivity contribution in [2.75, 3.05) is 19.0 Å². The van der Waals surface area contributed by atoms with Crippen LogP contribution in [0.5, 0.6) is 11.5 Å². The highest BCUT2D eigenvalue weighted by molar-refractivity contribution is 5.50. The zero-order chi connectivity index (χ0) is 13.8. The molecule has 2 aromatic rings. The van der Waals surface area contributed by atoms with Crippen molar-refractivity contribution in [1.82, 2.24) is 0 Å². The number of anilines is 1. The van der Waals surface area contributed by atoms with Gasteiger partial charge in [0.05, 0.1) is 6.61 Å². The van der Waals surface area contributed by atoms with Crippen LogP contribution in [0.1, 0.15) is 5.56 Å². The molecule has 0 aliphatic heterocycles. The van der Waals surface area contributed by atoms with E-state index in [1.807, 2.05) is 43.3 Å². The Morgan fingerprint density at radius 1 is 1.16 bits per heavy atom. The van der Waals surface area contributed by atoms with E-state index >= 15 is 0 Å². The fourth-order valence-electron chi connectivity index (χ4n) is 1.72. The van der Waals surface area contributed by atoms with E-state index in [1.54, 1.807) is 0 Å². The average Bonchev–Trinajstić information content (AvgIpc) is 2.41. The molecule has 0 unspecified atom stereocenters. The zero-order valence-corrected chi connectivity index (χ0v) is 10.9. The Morgan fingerprint density at radius 2 is 1.95 bits per heavy atom. The monoisotopic (exact) mass is 261 g/mol. The molecule has 0 saturated heterocycles. The van der Waals surface area contributed by atoms with Gasteiger partial charge in [-0.15, -0.1) is 0 Å². The molecule has 0 aliphatic carbocycles. The summed E-state index contributed by atoms with van der Waals surface area (Å²) in [6.45, 7) is -0.263. The third kappa shape index (κ3) is 3.23. The fourth-order valence-corrected chi connectivity index (χ4v) is 1.72. The normalized spacial score (nSPS) is 10.3. The molecule has 0 heterocycles. The molecule has 100 valence electrons. The number of ether oxygens (including phenoxy) is 1. The Kier molecular flexibility index (Phi) is 4.02. The molecule has 2 rings (SSSR count). The molecule has 0 radical (unpaired) electrons. The first-order valence-corrected chi connectivity index (χ1v) is 5.94. The number of rotatable bonds is 4. The van der Waals surface area contributed by atoms with Crippen LogP contribution >= 0.6 is 0 Å². The van der Waals surface area contributed by atoms with Crippen LogP contribution in [0.3, 0.4) is 0 Å². The molecule has 19 heavy (non-hydrogen) atoms. The Labute approximate surface area is 111 Å². The topological polar surface area (TPSA) is 32.7 Å². The largest absolute Gasteiger partial charge is 0.457 e. The van der Waals surface area contributed by atoms with E-state index in [0.717, 1.165) is 5.69 Å². The quantitative estimate of drug-likeness (QED) is 0.917. The summed E-state index contributed by atoms with van der Waals surface area (Å²) >= 11 is 0. The van der Waals surface area contributed by atoms with E-state index in [2.05, 4.69) is 0 Å². The van der Waals surface area contributed by atoms with Gasteiger partial charge in [0.2, 0.25) is 0 Å². The van der Waals surface area contributed by atoms with Crippen LogP contribution in [0.4, 0.5) is 10.1 Å². The summed E-state index contributed by atoms with van der Waals surface area (Å²) in [5, 5.41) is 9.21. The first kappa shape index (κ1) is 13.4. The van der Waals surface area contributed by atoms with Crippen LogP contribution in [0.15, 0.2) is 42.5 Å². The summed E-state index contributed by atoms with van der Waals surface area (Å²) in [6.07, 6.45) is 0. The minimum atomic E-state index is -0.390. The Bertz CT molecular complexity index is 570. The van der Waals surface area contributed by atoms with Crippen molar-refractivity contribution >= 4 is 5.69 Å². The summed E-state index contributed by atoms with van der Waals surface area (Å²) < 4.78 is 18.8. The first-order chi connectivity index (χ1) is 9.10. The zero-order valence-electron chi connectivity index (χ0n) is 10.9. The van der Waals surface area contributed by atoms with Gasteiger partial charge in [-0.1, -0.05) is 6.07 Å². The predicted molar refractivity (Wildman–Crippen MR) is 73.2 cm³/mol. The van der Waals surface area contributed by atoms with Crippen molar-refractivity contribution in [1.29, 1.82) is 0 Å². The molecule has 0 aromatic heterocycles. The van der Waals surface area contributed by atoms with Crippen molar-refractivity contribution in [3.63, 3.8) is 0 Å². The second-order valence-corrected chi connectivity index (χ2v) is 4.40. The Hall–Kier alpha value is -2.07. The molecular weight excluding hydrogens is 245 g/mol. The highest BCUT2D eigenvalue weighted by Crippen LogP contribution is 2.28. The van der Waals surface area contributed by atoms with Crippen molar-refractivity contribution < 1.29 is 14.2 Å². The van der Waals surface area contributed by atoms with Crippen LogP contribution < -0.4 is 9.64 Å². The van der Waals surface area contributed by atoms with Gasteiger partial charge in [0.15, 0.2) is 0 Å². The minimum absolute atomic E-state index is 0.263. The number of hydrogen-bond acceptors (Lipinski definition) is 3. The van der Waals surface area contributed by atoms with E-state index in [9.17, 15) is 9.50 Å². The molecule has 0 atom stereocenters. The average molecular weight is 261 g/mol. The fraction of sp³-hybridized carbons (Fsp3) is 0.200. The summed E-state index contributed by atoms with van der Waals surface area (Å²) in [5.74, 6) is 0.714. The number of benzene rings is 2. The second kappa shape index (κ2) is 5.71. The third-order valence-corrected chi connectivity index (χ3v) is 2.75. The maximum atomic E-state index is 13.1. The lowest BCUT2D eigenvalue weighted by molar-refractivity contribution is 0.276. The molecule has 2 aromatic carbocycles. The van der Waals surface area contributed by atoms with Gasteiger partial charge in [0.25, 0.3) is 0 Å². The smallest absolute Gasteiger partial charge is 0.133 e. The standard InChI is InChI=1S/C15H16FNO2/c1-17(2)13-4-3-5-14(9-13)19-15-7-6-12(16)8-11(15)10-18/h3-9,18H,10H2,1-2H3. The van der Waals surface area contributed by atoms with E-state index in [4.69, 9.17) is 4.74 Å². The number of nitrogens with zero attached hydrogens (tertiary/aromatic N) is 1. The van der Waals surface area contributed by atoms with E-state index in [-0.39, 0.29) is 6.61 Å². The van der Waals surface area contributed by atoms with Gasteiger partial charge in [0, 0.05) is 31.4 Å². The third-order valence-electron chi connectivity index (χ3n) is 2.75. The maximum Gasteiger partial charge on any atom is 0.133 e. The lowest BCUT2D eigenvalue weighted by atomic mass is 10.2. The summed E-state index contributed by atoms with van der Waals surface area (Å²) in [7, 11) is 3.88. The molecule has 0 spiro atoms. The van der Waals surface area contributed by atoms with Crippen LogP contribution in [-0.4, -0.2) is 19.2 Å². The summed E-state index contributed by atoms with van der Waals surface area (Å²) in [4.78, 5) is 1.96. The van der Waals surface area contributed by atoms with Gasteiger partial charge >= 0.3 is 0 Å². The van der Waals surface area contributed by atoms with Gasteiger partial charge in [-0.2, -0.15) is 0 Å². The molecular formula is C15H16FNO2. The van der Waals surface area contributed by atoms with E-state index in [1.165, 1.54) is 18.2 Å². The maximum absolute atomic E-state index is 13.1. The van der Waals surface area contributed by atoms with E-state index < -0.39 is 5.82 Å². The SMILES string of the molecule is CN(C)c1cccc(Oc2ccc(F)cc2CO)c1. The van der Waals surface area contributed by atoms with Gasteiger partial charge in [-0.3, -0.25) is 0 Å².